The van der Waals surface area contributed by atoms with Crippen LogP contribution in [0.15, 0.2) is 0 Å². The van der Waals surface area contributed by atoms with Crippen molar-refractivity contribution in [1.29, 1.82) is 0 Å². The van der Waals surface area contributed by atoms with E-state index in [1.807, 2.05) is 20.8 Å². The van der Waals surface area contributed by atoms with Gasteiger partial charge in [0.1, 0.15) is 0 Å². The molecular weight excluding hydrogens is 317 g/mol. The number of morpholine rings is 1. The van der Waals surface area contributed by atoms with E-state index in [-0.39, 0.29) is 9.89 Å². The number of hydrogen-bond acceptors (Lipinski definition) is 4. The SMILES string of the molecule is CC(C)(C)OC(=O)N1CCOC([C](=O)[SnH])C1. The average molecular weight is 334 g/mol. The van der Waals surface area contributed by atoms with Crippen molar-refractivity contribution in [3.05, 3.63) is 0 Å². The molecule has 1 aliphatic rings. The second-order valence-corrected chi connectivity index (χ2v) is 6.31. The number of rotatable bonds is 1. The molecule has 0 bridgehead atoms. The molecule has 1 heterocycles. The normalized spacial score (nSPS) is 21.8. The van der Waals surface area contributed by atoms with E-state index in [9.17, 15) is 9.59 Å². The van der Waals surface area contributed by atoms with Crippen LogP contribution in [0.5, 0.6) is 0 Å². The molecule has 0 spiro atoms. The first-order valence-electron chi connectivity index (χ1n) is 5.18. The van der Waals surface area contributed by atoms with Crippen LogP contribution in [0.2, 0.25) is 0 Å². The molecule has 1 atom stereocenters. The number of carbonyl (C=O) groups excluding carboxylic acids is 2. The molecule has 0 aliphatic carbocycles. The summed E-state index contributed by atoms with van der Waals surface area (Å²) in [4.78, 5) is 24.5. The molecule has 5 nitrogen and oxygen atoms in total. The Labute approximate surface area is 109 Å². The summed E-state index contributed by atoms with van der Waals surface area (Å²) in [5, 5.41) is 0. The number of nitrogens with zero attached hydrogens (tertiary/aromatic N) is 1. The van der Waals surface area contributed by atoms with Crippen molar-refractivity contribution >= 4 is 32.4 Å². The van der Waals surface area contributed by atoms with Crippen LogP contribution in [0.3, 0.4) is 0 Å². The van der Waals surface area contributed by atoms with Crippen molar-refractivity contribution in [3.63, 3.8) is 0 Å². The molecule has 1 rings (SSSR count). The van der Waals surface area contributed by atoms with Crippen molar-refractivity contribution in [2.75, 3.05) is 19.7 Å². The maximum absolute atomic E-state index is 11.7. The predicted octanol–water partition coefficient (Wildman–Crippen LogP) is 0.0497. The summed E-state index contributed by atoms with van der Waals surface area (Å²) < 4.78 is 10.6. The Morgan fingerprint density at radius 2 is 2.06 bits per heavy atom. The average Bonchev–Trinajstić information content (AvgIpc) is 2.15. The molecule has 1 unspecified atom stereocenters. The van der Waals surface area contributed by atoms with Gasteiger partial charge in [0, 0.05) is 0 Å². The molecule has 0 N–H and O–H groups in total. The van der Waals surface area contributed by atoms with E-state index in [1.54, 1.807) is 0 Å². The van der Waals surface area contributed by atoms with Gasteiger partial charge in [-0.1, -0.05) is 0 Å². The molecule has 1 aliphatic heterocycles. The Balaban J connectivity index is 2.54. The molecule has 0 aromatic rings. The topological polar surface area (TPSA) is 55.8 Å². The first-order valence-corrected chi connectivity index (χ1v) is 6.83. The summed E-state index contributed by atoms with van der Waals surface area (Å²) in [6, 6.07) is 0. The Morgan fingerprint density at radius 3 is 2.56 bits per heavy atom. The van der Waals surface area contributed by atoms with Gasteiger partial charge in [0.25, 0.3) is 0 Å². The van der Waals surface area contributed by atoms with Crippen molar-refractivity contribution in [1.82, 2.24) is 4.90 Å². The molecular formula is C10H17NO4Sn. The van der Waals surface area contributed by atoms with Crippen LogP contribution in [-0.4, -0.2) is 68.7 Å². The first kappa shape index (κ1) is 13.8. The Kier molecular flexibility index (Phi) is 4.60. The molecule has 0 saturated carbocycles. The van der Waals surface area contributed by atoms with E-state index >= 15 is 0 Å². The van der Waals surface area contributed by atoms with Crippen LogP contribution in [0, 0.1) is 0 Å². The number of carbonyl (C=O) groups is 2. The van der Waals surface area contributed by atoms with Gasteiger partial charge >= 0.3 is 109 Å². The Morgan fingerprint density at radius 1 is 1.44 bits per heavy atom. The Hall–Kier alpha value is -0.301. The third-order valence-corrected chi connectivity index (χ3v) is 3.10. The second-order valence-electron chi connectivity index (χ2n) is 4.69. The van der Waals surface area contributed by atoms with Crippen molar-refractivity contribution in [3.8, 4) is 0 Å². The van der Waals surface area contributed by atoms with E-state index in [1.165, 1.54) is 4.90 Å². The van der Waals surface area contributed by atoms with Crippen LogP contribution >= 0.6 is 0 Å². The standard InChI is InChI=1S/C10H16NO4.Sn.H/c1-10(2,3)15-9(13)11-4-5-14-8(6-11)7-12;;/h8H,4-6H2,1-3H3;;. The molecule has 90 valence electrons. The molecule has 1 fully saturated rings. The van der Waals surface area contributed by atoms with Gasteiger partial charge in [-0.15, -0.1) is 0 Å². The third kappa shape index (κ3) is 4.29. The molecule has 1 saturated heterocycles. The number of hydrogen-bond donors (Lipinski definition) is 0. The van der Waals surface area contributed by atoms with Gasteiger partial charge in [0.05, 0.1) is 0 Å². The van der Waals surface area contributed by atoms with E-state index < -0.39 is 11.7 Å². The fraction of sp³-hybridized carbons (Fsp3) is 0.800. The van der Waals surface area contributed by atoms with Crippen molar-refractivity contribution in [2.45, 2.75) is 32.5 Å². The zero-order valence-corrected chi connectivity index (χ0v) is 13.2. The van der Waals surface area contributed by atoms with Crippen LogP contribution in [-0.2, 0) is 14.3 Å². The minimum absolute atomic E-state index is 0.0682. The number of amides is 1. The van der Waals surface area contributed by atoms with Gasteiger partial charge in [-0.3, -0.25) is 0 Å². The zero-order chi connectivity index (χ0) is 12.3. The molecule has 2 radical (unpaired) electrons. The molecule has 1 amide bonds. The molecule has 16 heavy (non-hydrogen) atoms. The van der Waals surface area contributed by atoms with Crippen LogP contribution < -0.4 is 0 Å². The van der Waals surface area contributed by atoms with Crippen LogP contribution in [0.25, 0.3) is 0 Å². The van der Waals surface area contributed by atoms with Gasteiger partial charge < -0.3 is 0 Å². The predicted molar refractivity (Wildman–Crippen MR) is 59.7 cm³/mol. The van der Waals surface area contributed by atoms with Crippen LogP contribution in [0.4, 0.5) is 4.79 Å². The quantitative estimate of drug-likeness (QED) is 0.636. The maximum atomic E-state index is 11.7. The summed E-state index contributed by atoms with van der Waals surface area (Å²) in [6.07, 6.45) is -0.827. The van der Waals surface area contributed by atoms with E-state index in [4.69, 9.17) is 9.47 Å². The van der Waals surface area contributed by atoms with Crippen molar-refractivity contribution in [2.24, 2.45) is 0 Å². The molecule has 0 aromatic carbocycles. The third-order valence-electron chi connectivity index (χ3n) is 2.04. The summed E-state index contributed by atoms with van der Waals surface area (Å²) in [6.45, 7) is 6.66. The van der Waals surface area contributed by atoms with E-state index in [0.29, 0.717) is 42.2 Å². The van der Waals surface area contributed by atoms with E-state index in [0.717, 1.165) is 0 Å². The van der Waals surface area contributed by atoms with Crippen molar-refractivity contribution < 1.29 is 19.1 Å². The summed E-state index contributed by atoms with van der Waals surface area (Å²) in [5.74, 6) is 0. The summed E-state index contributed by atoms with van der Waals surface area (Å²) in [5.41, 5.74) is -0.505. The first-order chi connectivity index (χ1) is 7.29. The number of ether oxygens (including phenoxy) is 2. The van der Waals surface area contributed by atoms with Gasteiger partial charge in [0.2, 0.25) is 0 Å². The van der Waals surface area contributed by atoms with Gasteiger partial charge in [-0.2, -0.15) is 0 Å². The monoisotopic (exact) mass is 335 g/mol. The van der Waals surface area contributed by atoms with E-state index in [2.05, 4.69) is 0 Å². The summed E-state index contributed by atoms with van der Waals surface area (Å²) in [7, 11) is 0. The van der Waals surface area contributed by atoms with Gasteiger partial charge in [0.15, 0.2) is 0 Å². The fourth-order valence-corrected chi connectivity index (χ4v) is 1.89. The second kappa shape index (κ2) is 5.35. The Bertz CT molecular complexity index is 287. The zero-order valence-electron chi connectivity index (χ0n) is 9.86. The van der Waals surface area contributed by atoms with Gasteiger partial charge in [-0.05, 0) is 0 Å². The fourth-order valence-electron chi connectivity index (χ4n) is 1.31. The minimum atomic E-state index is -0.505. The summed E-state index contributed by atoms with van der Waals surface area (Å²) >= 11 is 0.512. The molecule has 6 heteroatoms. The van der Waals surface area contributed by atoms with Gasteiger partial charge in [-0.25, -0.2) is 0 Å². The molecule has 0 aromatic heterocycles. The van der Waals surface area contributed by atoms with Crippen LogP contribution in [0.1, 0.15) is 20.8 Å².